The highest BCUT2D eigenvalue weighted by Crippen LogP contribution is 2.33. The van der Waals surface area contributed by atoms with E-state index in [4.69, 9.17) is 25.8 Å². The summed E-state index contributed by atoms with van der Waals surface area (Å²) in [6.45, 7) is 4.07. The molecule has 0 unspecified atom stereocenters. The van der Waals surface area contributed by atoms with Crippen molar-refractivity contribution in [1.29, 1.82) is 0 Å². The predicted octanol–water partition coefficient (Wildman–Crippen LogP) is 3.92. The van der Waals surface area contributed by atoms with Gasteiger partial charge in [0.05, 0.1) is 18.8 Å². The molecule has 1 N–H and O–H groups in total. The Morgan fingerprint density at radius 2 is 1.72 bits per heavy atom. The van der Waals surface area contributed by atoms with Crippen LogP contribution in [0.1, 0.15) is 34.7 Å². The van der Waals surface area contributed by atoms with Crippen molar-refractivity contribution in [1.82, 2.24) is 15.4 Å². The minimum absolute atomic E-state index is 0.0557. The standard InChI is InChI=1S/C20H18ClN3O5/c1-3-27-16-11-13(17-18(23-24-22-17)20(26)28-4-2)7-10-15(16)29-19(25)12-5-8-14(21)9-6-12/h5-11H,3-4H2,1-2H3,(H,22,23,24). The molecule has 150 valence electrons. The number of aromatic amines is 1. The Morgan fingerprint density at radius 1 is 0.966 bits per heavy atom. The number of benzene rings is 2. The van der Waals surface area contributed by atoms with Gasteiger partial charge in [-0.2, -0.15) is 10.3 Å². The first-order valence-electron chi connectivity index (χ1n) is 8.86. The van der Waals surface area contributed by atoms with E-state index in [1.807, 2.05) is 0 Å². The molecule has 0 spiro atoms. The molecule has 0 radical (unpaired) electrons. The van der Waals surface area contributed by atoms with Crippen LogP contribution in [0.5, 0.6) is 11.5 Å². The van der Waals surface area contributed by atoms with Crippen molar-refractivity contribution >= 4 is 23.5 Å². The SMILES string of the molecule is CCOC(=O)c1n[nH]nc1-c1ccc(OC(=O)c2ccc(Cl)cc2)c(OCC)c1. The van der Waals surface area contributed by atoms with Gasteiger partial charge < -0.3 is 14.2 Å². The van der Waals surface area contributed by atoms with Crippen LogP contribution in [0, 0.1) is 0 Å². The number of esters is 2. The highest BCUT2D eigenvalue weighted by molar-refractivity contribution is 6.30. The number of hydrogen-bond acceptors (Lipinski definition) is 7. The summed E-state index contributed by atoms with van der Waals surface area (Å²) >= 11 is 5.85. The topological polar surface area (TPSA) is 103 Å². The highest BCUT2D eigenvalue weighted by Gasteiger charge is 2.21. The molecule has 0 saturated heterocycles. The number of ether oxygens (including phenoxy) is 3. The average molecular weight is 416 g/mol. The summed E-state index contributed by atoms with van der Waals surface area (Å²) < 4.78 is 16.1. The van der Waals surface area contributed by atoms with E-state index in [1.165, 1.54) is 0 Å². The van der Waals surface area contributed by atoms with Gasteiger partial charge in [0.1, 0.15) is 5.69 Å². The van der Waals surface area contributed by atoms with Gasteiger partial charge in [0.25, 0.3) is 0 Å². The molecule has 0 amide bonds. The minimum atomic E-state index is -0.590. The second-order valence-electron chi connectivity index (χ2n) is 5.73. The largest absolute Gasteiger partial charge is 0.490 e. The van der Waals surface area contributed by atoms with Crippen LogP contribution >= 0.6 is 11.6 Å². The van der Waals surface area contributed by atoms with Crippen molar-refractivity contribution in [3.63, 3.8) is 0 Å². The molecule has 3 rings (SSSR count). The molecule has 0 fully saturated rings. The molecule has 9 heteroatoms. The Labute approximate surface area is 171 Å². The number of H-pyrrole nitrogens is 1. The smallest absolute Gasteiger partial charge is 0.361 e. The van der Waals surface area contributed by atoms with Crippen LogP contribution < -0.4 is 9.47 Å². The maximum Gasteiger partial charge on any atom is 0.361 e. The van der Waals surface area contributed by atoms with Crippen LogP contribution in [0.4, 0.5) is 0 Å². The van der Waals surface area contributed by atoms with Crippen LogP contribution in [0.25, 0.3) is 11.3 Å². The molecule has 0 bridgehead atoms. The first-order valence-corrected chi connectivity index (χ1v) is 9.24. The first-order chi connectivity index (χ1) is 14.0. The number of carbonyl (C=O) groups is 2. The lowest BCUT2D eigenvalue weighted by atomic mass is 10.1. The van der Waals surface area contributed by atoms with E-state index in [0.29, 0.717) is 34.2 Å². The van der Waals surface area contributed by atoms with E-state index < -0.39 is 11.9 Å². The Bertz CT molecular complexity index is 1020. The third-order valence-corrected chi connectivity index (χ3v) is 4.07. The van der Waals surface area contributed by atoms with E-state index in [2.05, 4.69) is 15.4 Å². The third-order valence-electron chi connectivity index (χ3n) is 3.82. The van der Waals surface area contributed by atoms with Gasteiger partial charge in [-0.05, 0) is 56.3 Å². The van der Waals surface area contributed by atoms with Crippen molar-refractivity contribution in [3.8, 4) is 22.8 Å². The van der Waals surface area contributed by atoms with Crippen molar-refractivity contribution < 1.29 is 23.8 Å². The monoisotopic (exact) mass is 415 g/mol. The molecule has 0 aliphatic heterocycles. The summed E-state index contributed by atoms with van der Waals surface area (Å²) in [5.74, 6) is -0.585. The summed E-state index contributed by atoms with van der Waals surface area (Å²) in [5.41, 5.74) is 1.26. The fraction of sp³-hybridized carbons (Fsp3) is 0.200. The van der Waals surface area contributed by atoms with Crippen LogP contribution in [-0.4, -0.2) is 40.6 Å². The fourth-order valence-corrected chi connectivity index (χ4v) is 2.65. The van der Waals surface area contributed by atoms with Crippen molar-refractivity contribution in [2.75, 3.05) is 13.2 Å². The van der Waals surface area contributed by atoms with Crippen LogP contribution in [0.2, 0.25) is 5.02 Å². The molecule has 0 atom stereocenters. The number of rotatable bonds is 7. The highest BCUT2D eigenvalue weighted by atomic mass is 35.5. The minimum Gasteiger partial charge on any atom is -0.490 e. The number of halogens is 1. The lowest BCUT2D eigenvalue weighted by Gasteiger charge is -2.12. The van der Waals surface area contributed by atoms with Gasteiger partial charge in [-0.25, -0.2) is 9.59 Å². The van der Waals surface area contributed by atoms with Crippen LogP contribution in [-0.2, 0) is 4.74 Å². The predicted molar refractivity (Wildman–Crippen MR) is 105 cm³/mol. The first kappa shape index (κ1) is 20.3. The maximum absolute atomic E-state index is 12.4. The van der Waals surface area contributed by atoms with Crippen LogP contribution in [0.15, 0.2) is 42.5 Å². The number of aromatic nitrogens is 3. The Hall–Kier alpha value is -3.39. The van der Waals surface area contributed by atoms with Crippen LogP contribution in [0.3, 0.4) is 0 Å². The third kappa shape index (κ3) is 4.72. The molecule has 0 saturated carbocycles. The fourth-order valence-electron chi connectivity index (χ4n) is 2.53. The van der Waals surface area contributed by atoms with Gasteiger partial charge in [0.2, 0.25) is 0 Å². The molecule has 0 aliphatic carbocycles. The van der Waals surface area contributed by atoms with Gasteiger partial charge in [-0.15, -0.1) is 5.10 Å². The quantitative estimate of drug-likeness (QED) is 0.460. The van der Waals surface area contributed by atoms with Crippen molar-refractivity contribution in [3.05, 3.63) is 58.7 Å². The second kappa shape index (κ2) is 9.20. The van der Waals surface area contributed by atoms with E-state index in [1.54, 1.807) is 56.3 Å². The molecular weight excluding hydrogens is 398 g/mol. The summed E-state index contributed by atoms with van der Waals surface area (Å²) in [4.78, 5) is 24.5. The Kier molecular flexibility index (Phi) is 6.46. The van der Waals surface area contributed by atoms with Crippen molar-refractivity contribution in [2.24, 2.45) is 0 Å². The Morgan fingerprint density at radius 3 is 2.41 bits per heavy atom. The van der Waals surface area contributed by atoms with Gasteiger partial charge in [0.15, 0.2) is 17.2 Å². The normalized spacial score (nSPS) is 10.4. The zero-order valence-corrected chi connectivity index (χ0v) is 16.5. The van der Waals surface area contributed by atoms with Gasteiger partial charge in [-0.1, -0.05) is 11.6 Å². The summed E-state index contributed by atoms with van der Waals surface area (Å²) in [6.07, 6.45) is 0. The van der Waals surface area contributed by atoms with Gasteiger partial charge >= 0.3 is 11.9 Å². The molecule has 3 aromatic rings. The molecule has 8 nitrogen and oxygen atoms in total. The molecular formula is C20H18ClN3O5. The number of nitrogens with zero attached hydrogens (tertiary/aromatic N) is 2. The van der Waals surface area contributed by atoms with Crippen molar-refractivity contribution in [2.45, 2.75) is 13.8 Å². The van der Waals surface area contributed by atoms with E-state index in [0.717, 1.165) is 0 Å². The Balaban J connectivity index is 1.90. The van der Waals surface area contributed by atoms with E-state index >= 15 is 0 Å². The van der Waals surface area contributed by atoms with E-state index in [9.17, 15) is 9.59 Å². The number of carbonyl (C=O) groups excluding carboxylic acids is 2. The van der Waals surface area contributed by atoms with Gasteiger partial charge in [-0.3, -0.25) is 0 Å². The molecule has 1 heterocycles. The summed E-state index contributed by atoms with van der Waals surface area (Å²) in [6, 6.07) is 11.2. The lowest BCUT2D eigenvalue weighted by Crippen LogP contribution is -2.10. The molecule has 0 aliphatic rings. The van der Waals surface area contributed by atoms with Gasteiger partial charge in [0, 0.05) is 10.6 Å². The second-order valence-corrected chi connectivity index (χ2v) is 6.17. The summed E-state index contributed by atoms with van der Waals surface area (Å²) in [5, 5.41) is 10.8. The van der Waals surface area contributed by atoms with E-state index in [-0.39, 0.29) is 18.1 Å². The number of hydrogen-bond donors (Lipinski definition) is 1. The maximum atomic E-state index is 12.4. The zero-order valence-electron chi connectivity index (χ0n) is 15.8. The average Bonchev–Trinajstić information content (AvgIpc) is 3.20. The molecule has 2 aromatic carbocycles. The zero-order chi connectivity index (χ0) is 20.8. The summed E-state index contributed by atoms with van der Waals surface area (Å²) in [7, 11) is 0. The lowest BCUT2D eigenvalue weighted by molar-refractivity contribution is 0.0520. The molecule has 29 heavy (non-hydrogen) atoms. The molecule has 1 aromatic heterocycles. The number of nitrogens with one attached hydrogen (secondary N) is 1.